The zero-order valence-corrected chi connectivity index (χ0v) is 17.2. The number of hydrogen-bond acceptors (Lipinski definition) is 3. The Morgan fingerprint density at radius 2 is 1.56 bits per heavy atom. The van der Waals surface area contributed by atoms with Gasteiger partial charge in [0, 0.05) is 0 Å². The second-order valence-electron chi connectivity index (χ2n) is 7.79. The van der Waals surface area contributed by atoms with Crippen LogP contribution in [0, 0.1) is 0 Å². The van der Waals surface area contributed by atoms with E-state index >= 15 is 0 Å². The van der Waals surface area contributed by atoms with E-state index in [0.29, 0.717) is 12.2 Å². The lowest BCUT2D eigenvalue weighted by atomic mass is 9.87. The minimum Gasteiger partial charge on any atom is -0.497 e. The molecule has 1 N–H and O–H groups in total. The van der Waals surface area contributed by atoms with Crippen LogP contribution in [0.2, 0.25) is 0 Å². The highest BCUT2D eigenvalue weighted by Gasteiger charge is 2.21. The van der Waals surface area contributed by atoms with Crippen LogP contribution in [0.15, 0.2) is 48.5 Å². The Bertz CT molecular complexity index is 730. The molecule has 0 spiro atoms. The Morgan fingerprint density at radius 1 is 1.00 bits per heavy atom. The van der Waals surface area contributed by atoms with Crippen molar-refractivity contribution in [2.24, 2.45) is 0 Å². The van der Waals surface area contributed by atoms with Gasteiger partial charge in [-0.3, -0.25) is 4.79 Å². The maximum absolute atomic E-state index is 12.7. The second kappa shape index (κ2) is 8.94. The van der Waals surface area contributed by atoms with Gasteiger partial charge in [0.1, 0.15) is 11.5 Å². The first kappa shape index (κ1) is 20.8. The van der Waals surface area contributed by atoms with Crippen LogP contribution in [0.3, 0.4) is 0 Å². The highest BCUT2D eigenvalue weighted by Crippen LogP contribution is 2.25. The smallest absolute Gasteiger partial charge is 0.261 e. The van der Waals surface area contributed by atoms with E-state index in [-0.39, 0.29) is 17.4 Å². The van der Waals surface area contributed by atoms with Gasteiger partial charge in [-0.2, -0.15) is 0 Å². The predicted molar refractivity (Wildman–Crippen MR) is 109 cm³/mol. The summed E-state index contributed by atoms with van der Waals surface area (Å²) in [6.45, 7) is 10.4. The van der Waals surface area contributed by atoms with Gasteiger partial charge in [-0.25, -0.2) is 0 Å². The van der Waals surface area contributed by atoms with Crippen LogP contribution >= 0.6 is 0 Å². The number of amides is 1. The Kier molecular flexibility index (Phi) is 6.89. The average Bonchev–Trinajstić information content (AvgIpc) is 2.65. The van der Waals surface area contributed by atoms with Crippen LogP contribution in [0.1, 0.15) is 58.2 Å². The van der Waals surface area contributed by atoms with Crippen LogP contribution in [-0.4, -0.2) is 19.1 Å². The van der Waals surface area contributed by atoms with Crippen LogP contribution < -0.4 is 14.8 Å². The lowest BCUT2D eigenvalue weighted by molar-refractivity contribution is -0.128. The van der Waals surface area contributed by atoms with Gasteiger partial charge in [0.2, 0.25) is 0 Å². The number of benzene rings is 2. The van der Waals surface area contributed by atoms with Crippen molar-refractivity contribution in [3.05, 3.63) is 59.7 Å². The fraction of sp³-hybridized carbons (Fsp3) is 0.435. The molecule has 4 heteroatoms. The summed E-state index contributed by atoms with van der Waals surface area (Å²) in [4.78, 5) is 12.7. The van der Waals surface area contributed by atoms with Crippen molar-refractivity contribution in [2.45, 2.75) is 58.6 Å². The van der Waals surface area contributed by atoms with Crippen molar-refractivity contribution in [1.29, 1.82) is 0 Å². The van der Waals surface area contributed by atoms with Crippen molar-refractivity contribution < 1.29 is 14.3 Å². The third kappa shape index (κ3) is 5.75. The van der Waals surface area contributed by atoms with E-state index in [1.807, 2.05) is 50.2 Å². The molecule has 2 aromatic carbocycles. The van der Waals surface area contributed by atoms with Gasteiger partial charge >= 0.3 is 0 Å². The van der Waals surface area contributed by atoms with Crippen LogP contribution in [-0.2, 0) is 10.2 Å². The fourth-order valence-corrected chi connectivity index (χ4v) is 2.80. The quantitative estimate of drug-likeness (QED) is 0.745. The Labute approximate surface area is 162 Å². The molecule has 27 heavy (non-hydrogen) atoms. The lowest BCUT2D eigenvalue weighted by Gasteiger charge is -2.22. The largest absolute Gasteiger partial charge is 0.497 e. The number of carbonyl (C=O) groups is 1. The number of carbonyl (C=O) groups excluding carboxylic acids is 1. The van der Waals surface area contributed by atoms with Crippen molar-refractivity contribution in [1.82, 2.24) is 5.32 Å². The predicted octanol–water partition coefficient (Wildman–Crippen LogP) is 5.03. The van der Waals surface area contributed by atoms with Gasteiger partial charge in [-0.1, -0.05) is 52.0 Å². The summed E-state index contributed by atoms with van der Waals surface area (Å²) in [6.07, 6.45) is 0.0773. The molecule has 0 radical (unpaired) electrons. The first-order valence-electron chi connectivity index (χ1n) is 9.46. The molecular weight excluding hydrogens is 338 g/mol. The summed E-state index contributed by atoms with van der Waals surface area (Å²) in [5, 5.41) is 3.04. The minimum absolute atomic E-state index is 0.0911. The van der Waals surface area contributed by atoms with E-state index in [2.05, 4.69) is 38.2 Å². The number of rotatable bonds is 7. The normalized spacial score (nSPS) is 13.6. The SMILES string of the molecule is CC[C@@H](Oc1ccc(C(C)(C)C)cc1)C(=O)N[C@@H](C)c1ccc(OC)cc1. The van der Waals surface area contributed by atoms with Gasteiger partial charge in [-0.15, -0.1) is 0 Å². The maximum Gasteiger partial charge on any atom is 0.261 e. The molecular formula is C23H31NO3. The standard InChI is InChI=1S/C23H31NO3/c1-7-21(27-20-14-10-18(11-15-20)23(3,4)5)22(25)24-16(2)17-8-12-19(26-6)13-9-17/h8-16,21H,7H2,1-6H3,(H,24,25)/t16-,21+/m0/s1. The summed E-state index contributed by atoms with van der Waals surface area (Å²) in [7, 11) is 1.64. The average molecular weight is 370 g/mol. The zero-order chi connectivity index (χ0) is 20.0. The Morgan fingerprint density at radius 3 is 2.04 bits per heavy atom. The molecule has 0 heterocycles. The lowest BCUT2D eigenvalue weighted by Crippen LogP contribution is -2.39. The first-order valence-corrected chi connectivity index (χ1v) is 9.46. The molecule has 0 aromatic heterocycles. The molecule has 0 fully saturated rings. The maximum atomic E-state index is 12.7. The summed E-state index contributed by atoms with van der Waals surface area (Å²) in [5.41, 5.74) is 2.35. The van der Waals surface area contributed by atoms with Gasteiger partial charge in [0.25, 0.3) is 5.91 Å². The Hall–Kier alpha value is -2.49. The molecule has 1 amide bonds. The molecule has 2 aromatic rings. The van der Waals surface area contributed by atoms with Gasteiger partial charge < -0.3 is 14.8 Å². The van der Waals surface area contributed by atoms with E-state index < -0.39 is 6.10 Å². The van der Waals surface area contributed by atoms with Crippen molar-refractivity contribution in [2.75, 3.05) is 7.11 Å². The van der Waals surface area contributed by atoms with Crippen molar-refractivity contribution in [3.8, 4) is 11.5 Å². The summed E-state index contributed by atoms with van der Waals surface area (Å²) in [6, 6.07) is 15.6. The molecule has 0 saturated carbocycles. The number of methoxy groups -OCH3 is 1. The molecule has 0 aliphatic rings. The minimum atomic E-state index is -0.522. The molecule has 4 nitrogen and oxygen atoms in total. The molecule has 2 atom stereocenters. The van der Waals surface area contributed by atoms with E-state index in [1.54, 1.807) is 7.11 Å². The number of ether oxygens (including phenoxy) is 2. The molecule has 0 aliphatic heterocycles. The highest BCUT2D eigenvalue weighted by molar-refractivity contribution is 5.81. The summed E-state index contributed by atoms with van der Waals surface area (Å²) < 4.78 is 11.1. The Balaban J connectivity index is 2.00. The fourth-order valence-electron chi connectivity index (χ4n) is 2.80. The molecule has 0 bridgehead atoms. The second-order valence-corrected chi connectivity index (χ2v) is 7.79. The molecule has 0 aliphatic carbocycles. The van der Waals surface area contributed by atoms with Gasteiger partial charge in [0.15, 0.2) is 6.10 Å². The summed E-state index contributed by atoms with van der Waals surface area (Å²) in [5.74, 6) is 1.40. The monoisotopic (exact) mass is 369 g/mol. The number of nitrogens with one attached hydrogen (secondary N) is 1. The zero-order valence-electron chi connectivity index (χ0n) is 17.2. The van der Waals surface area contributed by atoms with Gasteiger partial charge in [0.05, 0.1) is 13.2 Å². The van der Waals surface area contributed by atoms with Crippen molar-refractivity contribution >= 4 is 5.91 Å². The summed E-state index contributed by atoms with van der Waals surface area (Å²) >= 11 is 0. The van der Waals surface area contributed by atoms with Crippen LogP contribution in [0.25, 0.3) is 0 Å². The first-order chi connectivity index (χ1) is 12.7. The molecule has 0 unspecified atom stereocenters. The third-order valence-corrected chi connectivity index (χ3v) is 4.64. The van der Waals surface area contributed by atoms with E-state index in [4.69, 9.17) is 9.47 Å². The van der Waals surface area contributed by atoms with E-state index in [0.717, 1.165) is 11.3 Å². The van der Waals surface area contributed by atoms with E-state index in [9.17, 15) is 4.79 Å². The topological polar surface area (TPSA) is 47.6 Å². The molecule has 146 valence electrons. The van der Waals surface area contributed by atoms with E-state index in [1.165, 1.54) is 5.56 Å². The highest BCUT2D eigenvalue weighted by atomic mass is 16.5. The third-order valence-electron chi connectivity index (χ3n) is 4.64. The number of hydrogen-bond donors (Lipinski definition) is 1. The van der Waals surface area contributed by atoms with Crippen LogP contribution in [0.4, 0.5) is 0 Å². The van der Waals surface area contributed by atoms with Crippen molar-refractivity contribution in [3.63, 3.8) is 0 Å². The van der Waals surface area contributed by atoms with Gasteiger partial charge in [-0.05, 0) is 54.2 Å². The molecule has 2 rings (SSSR count). The van der Waals surface area contributed by atoms with Crippen LogP contribution in [0.5, 0.6) is 11.5 Å². The molecule has 0 saturated heterocycles.